The van der Waals surface area contributed by atoms with E-state index < -0.39 is 0 Å². The first-order valence-corrected chi connectivity index (χ1v) is 10.7. The Morgan fingerprint density at radius 2 is 1.70 bits per heavy atom. The van der Waals surface area contributed by atoms with E-state index in [0.717, 1.165) is 11.3 Å². The van der Waals surface area contributed by atoms with Crippen LogP contribution in [0.5, 0.6) is 0 Å². The molecule has 0 radical (unpaired) electrons. The normalized spacial score (nSPS) is 10.9. The largest absolute Gasteiger partial charge is 0.467 e. The number of rotatable bonds is 7. The van der Waals surface area contributed by atoms with Gasteiger partial charge in [0.15, 0.2) is 11.0 Å². The minimum atomic E-state index is -0.130. The van der Waals surface area contributed by atoms with Crippen molar-refractivity contribution in [3.63, 3.8) is 0 Å². The summed E-state index contributed by atoms with van der Waals surface area (Å²) < 4.78 is 7.12. The zero-order valence-electron chi connectivity index (χ0n) is 15.6. The van der Waals surface area contributed by atoms with E-state index in [1.54, 1.807) is 36.6 Å². The van der Waals surface area contributed by atoms with E-state index in [4.69, 9.17) is 27.6 Å². The zero-order chi connectivity index (χ0) is 20.9. The predicted molar refractivity (Wildman–Crippen MR) is 118 cm³/mol. The Labute approximate surface area is 187 Å². The number of nitrogens with zero attached hydrogens (tertiary/aromatic N) is 3. The second-order valence-electron chi connectivity index (χ2n) is 6.27. The predicted octanol–water partition coefficient (Wildman–Crippen LogP) is 5.24. The lowest BCUT2D eigenvalue weighted by Crippen LogP contribution is -2.24. The number of amides is 1. The summed E-state index contributed by atoms with van der Waals surface area (Å²) in [5.74, 6) is 1.40. The maximum absolute atomic E-state index is 12.3. The van der Waals surface area contributed by atoms with E-state index in [9.17, 15) is 4.79 Å². The van der Waals surface area contributed by atoms with Crippen LogP contribution in [0.25, 0.3) is 17.1 Å². The van der Waals surface area contributed by atoms with Crippen molar-refractivity contribution in [2.24, 2.45) is 0 Å². The first-order chi connectivity index (χ1) is 14.6. The highest BCUT2D eigenvalue weighted by Crippen LogP contribution is 2.29. The molecule has 2 aromatic carbocycles. The summed E-state index contributed by atoms with van der Waals surface area (Å²) in [6.07, 6.45) is 1.57. The smallest absolute Gasteiger partial charge is 0.230 e. The molecule has 0 unspecified atom stereocenters. The Morgan fingerprint density at radius 1 is 1.00 bits per heavy atom. The second-order valence-corrected chi connectivity index (χ2v) is 8.09. The summed E-state index contributed by atoms with van der Waals surface area (Å²) >= 11 is 13.4. The molecule has 4 rings (SSSR count). The highest BCUT2D eigenvalue weighted by Gasteiger charge is 2.17. The van der Waals surface area contributed by atoms with Gasteiger partial charge in [0.05, 0.1) is 18.6 Å². The molecule has 0 fully saturated rings. The van der Waals surface area contributed by atoms with Crippen molar-refractivity contribution in [3.8, 4) is 17.1 Å². The lowest BCUT2D eigenvalue weighted by atomic mass is 10.2. The fourth-order valence-corrected chi connectivity index (χ4v) is 3.79. The molecule has 0 atom stereocenters. The van der Waals surface area contributed by atoms with Crippen molar-refractivity contribution >= 4 is 40.9 Å². The van der Waals surface area contributed by atoms with Gasteiger partial charge in [0.1, 0.15) is 5.76 Å². The van der Waals surface area contributed by atoms with E-state index in [0.29, 0.717) is 33.3 Å². The van der Waals surface area contributed by atoms with Crippen molar-refractivity contribution in [3.05, 3.63) is 82.7 Å². The van der Waals surface area contributed by atoms with Crippen molar-refractivity contribution in [2.75, 3.05) is 5.75 Å². The summed E-state index contributed by atoms with van der Waals surface area (Å²) in [4.78, 5) is 12.3. The number of hydrogen-bond acceptors (Lipinski definition) is 5. The molecule has 0 spiro atoms. The highest BCUT2D eigenvalue weighted by atomic mass is 35.5. The third-order valence-electron chi connectivity index (χ3n) is 4.19. The Bertz CT molecular complexity index is 1130. The number of benzene rings is 2. The highest BCUT2D eigenvalue weighted by molar-refractivity contribution is 7.99. The third kappa shape index (κ3) is 4.87. The van der Waals surface area contributed by atoms with Gasteiger partial charge in [-0.05, 0) is 60.7 Å². The third-order valence-corrected chi connectivity index (χ3v) is 5.63. The van der Waals surface area contributed by atoms with Gasteiger partial charge in [-0.3, -0.25) is 9.36 Å². The average molecular weight is 459 g/mol. The van der Waals surface area contributed by atoms with Gasteiger partial charge in [0, 0.05) is 21.3 Å². The van der Waals surface area contributed by atoms with Gasteiger partial charge in [-0.15, -0.1) is 10.2 Å². The van der Waals surface area contributed by atoms with E-state index in [2.05, 4.69) is 15.5 Å². The lowest BCUT2D eigenvalue weighted by Gasteiger charge is -2.11. The lowest BCUT2D eigenvalue weighted by molar-refractivity contribution is -0.118. The Hall–Kier alpha value is -2.74. The van der Waals surface area contributed by atoms with Gasteiger partial charge in [0.25, 0.3) is 0 Å². The second kappa shape index (κ2) is 9.38. The van der Waals surface area contributed by atoms with E-state index >= 15 is 0 Å². The van der Waals surface area contributed by atoms with Crippen molar-refractivity contribution in [1.29, 1.82) is 0 Å². The maximum Gasteiger partial charge on any atom is 0.230 e. The molecule has 4 aromatic rings. The van der Waals surface area contributed by atoms with E-state index in [1.807, 2.05) is 34.9 Å². The molecule has 0 aliphatic rings. The molecule has 2 heterocycles. The minimum Gasteiger partial charge on any atom is -0.467 e. The molecule has 2 aromatic heterocycles. The van der Waals surface area contributed by atoms with Crippen LogP contribution in [0.15, 0.2) is 76.5 Å². The van der Waals surface area contributed by atoms with Crippen LogP contribution in [-0.2, 0) is 11.3 Å². The van der Waals surface area contributed by atoms with Crippen LogP contribution in [0, 0.1) is 0 Å². The van der Waals surface area contributed by atoms with Gasteiger partial charge in [-0.25, -0.2) is 0 Å². The van der Waals surface area contributed by atoms with Gasteiger partial charge in [-0.1, -0.05) is 35.0 Å². The molecule has 1 amide bonds. The number of aromatic nitrogens is 3. The van der Waals surface area contributed by atoms with Gasteiger partial charge >= 0.3 is 0 Å². The Kier molecular flexibility index (Phi) is 6.42. The summed E-state index contributed by atoms with van der Waals surface area (Å²) in [5.41, 5.74) is 1.70. The van der Waals surface area contributed by atoms with Crippen molar-refractivity contribution in [1.82, 2.24) is 20.1 Å². The van der Waals surface area contributed by atoms with E-state index in [1.165, 1.54) is 11.8 Å². The van der Waals surface area contributed by atoms with Crippen LogP contribution in [0.4, 0.5) is 0 Å². The monoisotopic (exact) mass is 458 g/mol. The van der Waals surface area contributed by atoms with Gasteiger partial charge in [-0.2, -0.15) is 0 Å². The molecule has 152 valence electrons. The van der Waals surface area contributed by atoms with Crippen LogP contribution < -0.4 is 5.32 Å². The number of furan rings is 1. The van der Waals surface area contributed by atoms with Crippen molar-refractivity contribution in [2.45, 2.75) is 11.7 Å². The fraction of sp³-hybridized carbons (Fsp3) is 0.0952. The molecule has 0 bridgehead atoms. The quantitative estimate of drug-likeness (QED) is 0.383. The molecule has 0 aliphatic heterocycles. The number of carbonyl (C=O) groups is 1. The molecule has 1 N–H and O–H groups in total. The van der Waals surface area contributed by atoms with Crippen LogP contribution in [0.2, 0.25) is 10.0 Å². The molecule has 30 heavy (non-hydrogen) atoms. The number of halogens is 2. The SMILES string of the molecule is O=C(CSc1nnc(-c2ccc(Cl)cc2)n1-c1ccc(Cl)cc1)NCc1ccco1. The van der Waals surface area contributed by atoms with Crippen LogP contribution >= 0.6 is 35.0 Å². The van der Waals surface area contributed by atoms with Crippen LogP contribution in [0.3, 0.4) is 0 Å². The standard InChI is InChI=1S/C21H16Cl2N4O2S/c22-15-5-3-14(4-6-15)20-25-26-21(27(20)17-9-7-16(23)8-10-17)30-13-19(28)24-12-18-2-1-11-29-18/h1-11H,12-13H2,(H,24,28). The average Bonchev–Trinajstić information content (AvgIpc) is 3.42. The molecular formula is C21H16Cl2N4O2S. The number of carbonyl (C=O) groups excluding carboxylic acids is 1. The number of thioether (sulfide) groups is 1. The summed E-state index contributed by atoms with van der Waals surface area (Å²) in [6, 6.07) is 18.3. The minimum absolute atomic E-state index is 0.130. The summed E-state index contributed by atoms with van der Waals surface area (Å²) in [6.45, 7) is 0.340. The first kappa shape index (κ1) is 20.5. The first-order valence-electron chi connectivity index (χ1n) is 8.99. The molecular weight excluding hydrogens is 443 g/mol. The van der Waals surface area contributed by atoms with Crippen LogP contribution in [0.1, 0.15) is 5.76 Å². The molecule has 0 aliphatic carbocycles. The number of hydrogen-bond donors (Lipinski definition) is 1. The maximum atomic E-state index is 12.3. The van der Waals surface area contributed by atoms with Gasteiger partial charge < -0.3 is 9.73 Å². The fourth-order valence-electron chi connectivity index (χ4n) is 2.75. The molecule has 6 nitrogen and oxygen atoms in total. The van der Waals surface area contributed by atoms with E-state index in [-0.39, 0.29) is 11.7 Å². The summed E-state index contributed by atoms with van der Waals surface area (Å²) in [5, 5.41) is 13.3. The van der Waals surface area contributed by atoms with Crippen LogP contribution in [-0.4, -0.2) is 26.4 Å². The molecule has 0 saturated carbocycles. The summed E-state index contributed by atoms with van der Waals surface area (Å²) in [7, 11) is 0. The molecule has 9 heteroatoms. The van der Waals surface area contributed by atoms with Crippen molar-refractivity contribution < 1.29 is 9.21 Å². The van der Waals surface area contributed by atoms with Gasteiger partial charge in [0.2, 0.25) is 5.91 Å². The topological polar surface area (TPSA) is 73.0 Å². The zero-order valence-corrected chi connectivity index (χ0v) is 17.9. The Morgan fingerprint density at radius 3 is 2.37 bits per heavy atom. The Balaban J connectivity index is 1.57. The number of nitrogens with one attached hydrogen (secondary N) is 1. The molecule has 0 saturated heterocycles.